The van der Waals surface area contributed by atoms with Crippen LogP contribution in [-0.2, 0) is 19.6 Å². The SMILES string of the molecule is CC(=O)N1CCN(S(=O)(=O)c2ccc(C(C)C)cc2)C(C(=O)O)C1. The Hall–Kier alpha value is -1.93. The zero-order valence-electron chi connectivity index (χ0n) is 14.0. The molecule has 1 aromatic carbocycles. The Morgan fingerprint density at radius 2 is 1.75 bits per heavy atom. The molecule has 1 amide bonds. The lowest BCUT2D eigenvalue weighted by molar-refractivity contribution is -0.145. The molecule has 0 bridgehead atoms. The van der Waals surface area contributed by atoms with E-state index in [9.17, 15) is 23.1 Å². The molecular formula is C16H22N2O5S. The lowest BCUT2D eigenvalue weighted by Gasteiger charge is -2.38. The molecule has 0 aliphatic carbocycles. The highest BCUT2D eigenvalue weighted by Gasteiger charge is 2.40. The minimum Gasteiger partial charge on any atom is -0.480 e. The third-order valence-corrected chi connectivity index (χ3v) is 6.14. The molecule has 1 fully saturated rings. The van der Waals surface area contributed by atoms with Crippen molar-refractivity contribution in [3.63, 3.8) is 0 Å². The summed E-state index contributed by atoms with van der Waals surface area (Å²) >= 11 is 0. The van der Waals surface area contributed by atoms with Gasteiger partial charge in [-0.25, -0.2) is 8.42 Å². The molecule has 132 valence electrons. The lowest BCUT2D eigenvalue weighted by atomic mass is 10.0. The van der Waals surface area contributed by atoms with E-state index in [4.69, 9.17) is 0 Å². The Labute approximate surface area is 141 Å². The number of hydrogen-bond donors (Lipinski definition) is 1. The van der Waals surface area contributed by atoms with Crippen LogP contribution in [0.1, 0.15) is 32.3 Å². The monoisotopic (exact) mass is 354 g/mol. The van der Waals surface area contributed by atoms with Crippen LogP contribution in [0.25, 0.3) is 0 Å². The third kappa shape index (κ3) is 3.59. The molecule has 1 heterocycles. The molecule has 7 nitrogen and oxygen atoms in total. The van der Waals surface area contributed by atoms with Crippen LogP contribution in [0.3, 0.4) is 0 Å². The Bertz CT molecular complexity index is 727. The molecule has 1 N–H and O–H groups in total. The predicted molar refractivity (Wildman–Crippen MR) is 88.1 cm³/mol. The van der Waals surface area contributed by atoms with Gasteiger partial charge in [0.25, 0.3) is 0 Å². The van der Waals surface area contributed by atoms with Gasteiger partial charge in [0.2, 0.25) is 15.9 Å². The van der Waals surface area contributed by atoms with Crippen molar-refractivity contribution in [2.45, 2.75) is 37.6 Å². The van der Waals surface area contributed by atoms with Gasteiger partial charge in [0.1, 0.15) is 6.04 Å². The van der Waals surface area contributed by atoms with E-state index in [0.29, 0.717) is 0 Å². The molecule has 0 spiro atoms. The van der Waals surface area contributed by atoms with E-state index in [1.807, 2.05) is 13.8 Å². The fourth-order valence-corrected chi connectivity index (χ4v) is 4.27. The number of aliphatic carboxylic acids is 1. The van der Waals surface area contributed by atoms with Crippen molar-refractivity contribution in [2.24, 2.45) is 0 Å². The number of benzene rings is 1. The molecule has 0 aromatic heterocycles. The lowest BCUT2D eigenvalue weighted by Crippen LogP contribution is -2.58. The number of sulfonamides is 1. The van der Waals surface area contributed by atoms with Gasteiger partial charge in [-0.15, -0.1) is 0 Å². The molecule has 0 saturated carbocycles. The third-order valence-electron chi connectivity index (χ3n) is 4.21. The molecule has 1 unspecified atom stereocenters. The summed E-state index contributed by atoms with van der Waals surface area (Å²) in [4.78, 5) is 24.4. The number of carbonyl (C=O) groups excluding carboxylic acids is 1. The summed E-state index contributed by atoms with van der Waals surface area (Å²) in [7, 11) is -3.93. The van der Waals surface area contributed by atoms with Gasteiger partial charge in [0, 0.05) is 26.6 Å². The highest BCUT2D eigenvalue weighted by Crippen LogP contribution is 2.24. The van der Waals surface area contributed by atoms with Crippen molar-refractivity contribution in [3.05, 3.63) is 29.8 Å². The Balaban J connectivity index is 2.33. The van der Waals surface area contributed by atoms with Gasteiger partial charge < -0.3 is 10.0 Å². The number of nitrogens with zero attached hydrogens (tertiary/aromatic N) is 2. The van der Waals surface area contributed by atoms with Gasteiger partial charge in [-0.05, 0) is 23.6 Å². The van der Waals surface area contributed by atoms with E-state index < -0.39 is 22.0 Å². The van der Waals surface area contributed by atoms with Gasteiger partial charge in [0.05, 0.1) is 4.90 Å². The molecule has 1 atom stereocenters. The molecule has 1 aliphatic heterocycles. The van der Waals surface area contributed by atoms with E-state index in [1.54, 1.807) is 12.1 Å². The van der Waals surface area contributed by atoms with Crippen LogP contribution >= 0.6 is 0 Å². The molecular weight excluding hydrogens is 332 g/mol. The van der Waals surface area contributed by atoms with Gasteiger partial charge in [-0.1, -0.05) is 26.0 Å². The van der Waals surface area contributed by atoms with E-state index in [-0.39, 0.29) is 36.4 Å². The highest BCUT2D eigenvalue weighted by molar-refractivity contribution is 7.89. The number of hydrogen-bond acceptors (Lipinski definition) is 4. The van der Waals surface area contributed by atoms with Crippen LogP contribution in [0, 0.1) is 0 Å². The minimum atomic E-state index is -3.93. The fraction of sp³-hybridized carbons (Fsp3) is 0.500. The number of carboxylic acid groups (broad SMARTS) is 1. The Kier molecular flexibility index (Phi) is 5.29. The van der Waals surface area contributed by atoms with Crippen LogP contribution in [-0.4, -0.2) is 60.3 Å². The summed E-state index contributed by atoms with van der Waals surface area (Å²) in [6, 6.07) is 5.19. The molecule has 8 heteroatoms. The van der Waals surface area contributed by atoms with Crippen molar-refractivity contribution in [3.8, 4) is 0 Å². The van der Waals surface area contributed by atoms with Crippen molar-refractivity contribution >= 4 is 21.9 Å². The molecule has 1 aromatic rings. The number of rotatable bonds is 4. The van der Waals surface area contributed by atoms with E-state index in [1.165, 1.54) is 24.0 Å². The second kappa shape index (κ2) is 6.90. The minimum absolute atomic E-state index is 0.0369. The molecule has 2 rings (SSSR count). The zero-order chi connectivity index (χ0) is 18.1. The maximum absolute atomic E-state index is 12.8. The van der Waals surface area contributed by atoms with Crippen LogP contribution in [0.15, 0.2) is 29.2 Å². The first-order valence-electron chi connectivity index (χ1n) is 7.74. The number of amides is 1. The van der Waals surface area contributed by atoms with Gasteiger partial charge in [-0.3, -0.25) is 9.59 Å². The quantitative estimate of drug-likeness (QED) is 0.874. The largest absolute Gasteiger partial charge is 0.480 e. The summed E-state index contributed by atoms with van der Waals surface area (Å²) in [5.41, 5.74) is 1.00. The van der Waals surface area contributed by atoms with E-state index in [0.717, 1.165) is 9.87 Å². The molecule has 1 aliphatic rings. The van der Waals surface area contributed by atoms with Gasteiger partial charge >= 0.3 is 5.97 Å². The van der Waals surface area contributed by atoms with Crippen LogP contribution < -0.4 is 0 Å². The van der Waals surface area contributed by atoms with E-state index >= 15 is 0 Å². The number of carbonyl (C=O) groups is 2. The van der Waals surface area contributed by atoms with Crippen molar-refractivity contribution in [1.82, 2.24) is 9.21 Å². The summed E-state index contributed by atoms with van der Waals surface area (Å²) in [6.07, 6.45) is 0. The standard InChI is InChI=1S/C16H22N2O5S/c1-11(2)13-4-6-14(7-5-13)24(22,23)18-9-8-17(12(3)19)10-15(18)16(20)21/h4-7,11,15H,8-10H2,1-3H3,(H,20,21). The predicted octanol–water partition coefficient (Wildman–Crippen LogP) is 1.12. The maximum atomic E-state index is 12.8. The van der Waals surface area contributed by atoms with Crippen LogP contribution in [0.5, 0.6) is 0 Å². The fourth-order valence-electron chi connectivity index (χ4n) is 2.70. The summed E-state index contributed by atoms with van der Waals surface area (Å²) < 4.78 is 26.6. The van der Waals surface area contributed by atoms with Crippen LogP contribution in [0.2, 0.25) is 0 Å². The molecule has 1 saturated heterocycles. The average Bonchev–Trinajstić information content (AvgIpc) is 2.54. The Morgan fingerprint density at radius 3 is 2.21 bits per heavy atom. The summed E-state index contributed by atoms with van der Waals surface area (Å²) in [5, 5.41) is 9.39. The second-order valence-corrected chi connectivity index (χ2v) is 8.05. The molecule has 0 radical (unpaired) electrons. The van der Waals surface area contributed by atoms with Crippen molar-refractivity contribution < 1.29 is 23.1 Å². The van der Waals surface area contributed by atoms with Crippen LogP contribution in [0.4, 0.5) is 0 Å². The van der Waals surface area contributed by atoms with Gasteiger partial charge in [0.15, 0.2) is 0 Å². The highest BCUT2D eigenvalue weighted by atomic mass is 32.2. The zero-order valence-corrected chi connectivity index (χ0v) is 14.8. The maximum Gasteiger partial charge on any atom is 0.323 e. The normalized spacial score (nSPS) is 19.5. The van der Waals surface area contributed by atoms with Gasteiger partial charge in [-0.2, -0.15) is 4.31 Å². The van der Waals surface area contributed by atoms with E-state index in [2.05, 4.69) is 0 Å². The Morgan fingerprint density at radius 1 is 1.17 bits per heavy atom. The second-order valence-electron chi connectivity index (χ2n) is 6.16. The summed E-state index contributed by atoms with van der Waals surface area (Å²) in [6.45, 7) is 5.35. The van der Waals surface area contributed by atoms with Crippen molar-refractivity contribution in [2.75, 3.05) is 19.6 Å². The number of carboxylic acids is 1. The first kappa shape index (κ1) is 18.4. The smallest absolute Gasteiger partial charge is 0.323 e. The first-order chi connectivity index (χ1) is 11.1. The van der Waals surface area contributed by atoms with Crippen molar-refractivity contribution in [1.29, 1.82) is 0 Å². The topological polar surface area (TPSA) is 95.0 Å². The average molecular weight is 354 g/mol. The summed E-state index contributed by atoms with van der Waals surface area (Å²) in [5.74, 6) is -1.25. The molecule has 24 heavy (non-hydrogen) atoms. The number of piperazine rings is 1. The first-order valence-corrected chi connectivity index (χ1v) is 9.18.